The van der Waals surface area contributed by atoms with Crippen molar-refractivity contribution in [3.8, 4) is 0 Å². The summed E-state index contributed by atoms with van der Waals surface area (Å²) in [5, 5.41) is 3.18. The molecule has 0 radical (unpaired) electrons. The molecule has 1 saturated heterocycles. The molecule has 1 aliphatic heterocycles. The van der Waals surface area contributed by atoms with Crippen LogP contribution in [0.15, 0.2) is 0 Å². The smallest absolute Gasteiger partial charge is 0.210 e. The Morgan fingerprint density at radius 2 is 2.20 bits per heavy atom. The zero-order valence-corrected chi connectivity index (χ0v) is 6.18. The molecule has 0 bridgehead atoms. The minimum absolute atomic E-state index is 0.726. The van der Waals surface area contributed by atoms with Gasteiger partial charge in [-0.05, 0) is 19.4 Å². The highest BCUT2D eigenvalue weighted by Gasteiger charge is 2.02. The highest BCUT2D eigenvalue weighted by atomic mass is 16.1. The van der Waals surface area contributed by atoms with Crippen molar-refractivity contribution in [2.75, 3.05) is 19.8 Å². The Morgan fingerprint density at radius 3 is 3.00 bits per heavy atom. The van der Waals surface area contributed by atoms with Crippen molar-refractivity contribution < 1.29 is 4.79 Å². The molecule has 0 spiro atoms. The van der Waals surface area contributed by atoms with Gasteiger partial charge in [-0.2, -0.15) is 0 Å². The second kappa shape index (κ2) is 4.28. The predicted octanol–water partition coefficient (Wildman–Crippen LogP) is 0.176. The van der Waals surface area contributed by atoms with Gasteiger partial charge in [-0.1, -0.05) is 6.42 Å². The average Bonchev–Trinajstić information content (AvgIpc) is 1.87. The molecule has 0 aromatic carbocycles. The molecular formula is C7H14N2O. The van der Waals surface area contributed by atoms with Crippen LogP contribution in [0.25, 0.3) is 0 Å². The SMILES string of the molecule is O=CN1CCCCCNC1. The number of amides is 1. The Balaban J connectivity index is 2.22. The summed E-state index contributed by atoms with van der Waals surface area (Å²) in [6.07, 6.45) is 4.54. The topological polar surface area (TPSA) is 32.3 Å². The van der Waals surface area contributed by atoms with Crippen LogP contribution in [-0.2, 0) is 4.79 Å². The van der Waals surface area contributed by atoms with Crippen molar-refractivity contribution in [1.29, 1.82) is 0 Å². The molecule has 3 nitrogen and oxygen atoms in total. The van der Waals surface area contributed by atoms with Gasteiger partial charge in [0.1, 0.15) is 0 Å². The van der Waals surface area contributed by atoms with Crippen LogP contribution in [0.3, 0.4) is 0 Å². The van der Waals surface area contributed by atoms with Gasteiger partial charge in [0.2, 0.25) is 6.41 Å². The van der Waals surface area contributed by atoms with Gasteiger partial charge in [0, 0.05) is 6.54 Å². The van der Waals surface area contributed by atoms with Gasteiger partial charge in [0.25, 0.3) is 0 Å². The van der Waals surface area contributed by atoms with E-state index in [-0.39, 0.29) is 0 Å². The van der Waals surface area contributed by atoms with E-state index in [9.17, 15) is 4.79 Å². The summed E-state index contributed by atoms with van der Waals surface area (Å²) < 4.78 is 0. The highest BCUT2D eigenvalue weighted by molar-refractivity contribution is 5.46. The summed E-state index contributed by atoms with van der Waals surface area (Å²) in [6.45, 7) is 2.68. The van der Waals surface area contributed by atoms with Crippen LogP contribution in [0.2, 0.25) is 0 Å². The first-order valence-electron chi connectivity index (χ1n) is 3.83. The number of carbonyl (C=O) groups excluding carboxylic acids is 1. The Bertz CT molecular complexity index is 97.8. The first-order valence-corrected chi connectivity index (χ1v) is 3.83. The van der Waals surface area contributed by atoms with E-state index >= 15 is 0 Å². The fraction of sp³-hybridized carbons (Fsp3) is 0.857. The fourth-order valence-corrected chi connectivity index (χ4v) is 1.13. The Labute approximate surface area is 61.4 Å². The van der Waals surface area contributed by atoms with Crippen LogP contribution in [-0.4, -0.2) is 31.1 Å². The summed E-state index contributed by atoms with van der Waals surface area (Å²) in [4.78, 5) is 12.1. The maximum atomic E-state index is 10.3. The number of hydrogen-bond donors (Lipinski definition) is 1. The third kappa shape index (κ3) is 2.35. The van der Waals surface area contributed by atoms with E-state index in [1.54, 1.807) is 4.90 Å². The molecule has 0 aromatic heterocycles. The quantitative estimate of drug-likeness (QED) is 0.529. The van der Waals surface area contributed by atoms with Crippen LogP contribution in [0, 0.1) is 0 Å². The second-order valence-electron chi connectivity index (χ2n) is 2.64. The number of carbonyl (C=O) groups is 1. The number of rotatable bonds is 1. The van der Waals surface area contributed by atoms with Crippen molar-refractivity contribution in [3.05, 3.63) is 0 Å². The molecule has 10 heavy (non-hydrogen) atoms. The largest absolute Gasteiger partial charge is 0.332 e. The molecular weight excluding hydrogens is 128 g/mol. The van der Waals surface area contributed by atoms with Gasteiger partial charge in [-0.3, -0.25) is 10.1 Å². The summed E-state index contributed by atoms with van der Waals surface area (Å²) in [6, 6.07) is 0. The van der Waals surface area contributed by atoms with Gasteiger partial charge >= 0.3 is 0 Å². The number of nitrogens with one attached hydrogen (secondary N) is 1. The standard InChI is InChI=1S/C7H14N2O/c10-7-9-5-3-1-2-4-8-6-9/h7-8H,1-6H2. The summed E-state index contributed by atoms with van der Waals surface area (Å²) in [5.74, 6) is 0. The van der Waals surface area contributed by atoms with Crippen LogP contribution in [0.5, 0.6) is 0 Å². The predicted molar refractivity (Wildman–Crippen MR) is 39.5 cm³/mol. The van der Waals surface area contributed by atoms with Crippen LogP contribution < -0.4 is 5.32 Å². The number of hydrogen-bond acceptors (Lipinski definition) is 2. The lowest BCUT2D eigenvalue weighted by Gasteiger charge is -2.20. The normalized spacial score (nSPS) is 21.4. The molecule has 1 amide bonds. The van der Waals surface area contributed by atoms with E-state index in [0.29, 0.717) is 0 Å². The zero-order chi connectivity index (χ0) is 7.23. The van der Waals surface area contributed by atoms with Gasteiger partial charge in [-0.15, -0.1) is 0 Å². The zero-order valence-electron chi connectivity index (χ0n) is 6.18. The van der Waals surface area contributed by atoms with E-state index in [1.165, 1.54) is 12.8 Å². The third-order valence-corrected chi connectivity index (χ3v) is 1.76. The Morgan fingerprint density at radius 1 is 1.30 bits per heavy atom. The van der Waals surface area contributed by atoms with Crippen molar-refractivity contribution >= 4 is 6.41 Å². The molecule has 0 aromatic rings. The van der Waals surface area contributed by atoms with Crippen molar-refractivity contribution in [2.45, 2.75) is 19.3 Å². The van der Waals surface area contributed by atoms with E-state index < -0.39 is 0 Å². The molecule has 3 heteroatoms. The van der Waals surface area contributed by atoms with Crippen molar-refractivity contribution in [3.63, 3.8) is 0 Å². The molecule has 1 fully saturated rings. The average molecular weight is 142 g/mol. The summed E-state index contributed by atoms with van der Waals surface area (Å²) in [7, 11) is 0. The van der Waals surface area contributed by atoms with Crippen LogP contribution >= 0.6 is 0 Å². The van der Waals surface area contributed by atoms with Crippen molar-refractivity contribution in [1.82, 2.24) is 10.2 Å². The van der Waals surface area contributed by atoms with E-state index in [2.05, 4.69) is 5.32 Å². The Hall–Kier alpha value is -0.570. The monoisotopic (exact) mass is 142 g/mol. The van der Waals surface area contributed by atoms with Gasteiger partial charge in [0.15, 0.2) is 0 Å². The molecule has 0 unspecified atom stereocenters. The second-order valence-corrected chi connectivity index (χ2v) is 2.64. The van der Waals surface area contributed by atoms with E-state index in [1.807, 2.05) is 0 Å². The Kier molecular flexibility index (Phi) is 3.22. The molecule has 1 rings (SSSR count). The molecule has 1 N–H and O–H groups in total. The molecule has 0 aliphatic carbocycles. The first-order chi connectivity index (χ1) is 4.93. The molecule has 0 saturated carbocycles. The third-order valence-electron chi connectivity index (χ3n) is 1.76. The maximum absolute atomic E-state index is 10.3. The molecule has 0 atom stereocenters. The van der Waals surface area contributed by atoms with E-state index in [4.69, 9.17) is 0 Å². The van der Waals surface area contributed by atoms with E-state index in [0.717, 1.165) is 32.6 Å². The van der Waals surface area contributed by atoms with Crippen LogP contribution in [0.4, 0.5) is 0 Å². The van der Waals surface area contributed by atoms with Crippen molar-refractivity contribution in [2.24, 2.45) is 0 Å². The molecule has 1 aliphatic rings. The summed E-state index contributed by atoms with van der Waals surface area (Å²) in [5.41, 5.74) is 0. The molecule has 58 valence electrons. The molecule has 1 heterocycles. The highest BCUT2D eigenvalue weighted by Crippen LogP contribution is 1.98. The number of nitrogens with zero attached hydrogens (tertiary/aromatic N) is 1. The van der Waals surface area contributed by atoms with Gasteiger partial charge in [0.05, 0.1) is 6.67 Å². The summed E-state index contributed by atoms with van der Waals surface area (Å²) >= 11 is 0. The van der Waals surface area contributed by atoms with Crippen LogP contribution in [0.1, 0.15) is 19.3 Å². The first kappa shape index (κ1) is 7.54. The minimum atomic E-state index is 0.726. The lowest BCUT2D eigenvalue weighted by atomic mass is 10.2. The lowest BCUT2D eigenvalue weighted by Crippen LogP contribution is -2.36. The maximum Gasteiger partial charge on any atom is 0.210 e. The minimum Gasteiger partial charge on any atom is -0.332 e. The van der Waals surface area contributed by atoms with Gasteiger partial charge in [-0.25, -0.2) is 0 Å². The fourth-order valence-electron chi connectivity index (χ4n) is 1.13. The van der Waals surface area contributed by atoms with Gasteiger partial charge < -0.3 is 4.90 Å². The lowest BCUT2D eigenvalue weighted by molar-refractivity contribution is -0.118.